The van der Waals surface area contributed by atoms with Crippen LogP contribution >= 0.6 is 11.3 Å². The molecule has 7 heteroatoms. The van der Waals surface area contributed by atoms with E-state index in [1.54, 1.807) is 7.11 Å². The smallest absolute Gasteiger partial charge is 0.264 e. The van der Waals surface area contributed by atoms with Crippen LogP contribution in [-0.4, -0.2) is 29.8 Å². The van der Waals surface area contributed by atoms with E-state index in [4.69, 9.17) is 9.47 Å². The summed E-state index contributed by atoms with van der Waals surface area (Å²) in [5, 5.41) is 11.9. The highest BCUT2D eigenvalue weighted by molar-refractivity contribution is 7.18. The van der Waals surface area contributed by atoms with Crippen molar-refractivity contribution in [2.24, 2.45) is 0 Å². The van der Waals surface area contributed by atoms with Crippen LogP contribution in [0, 0.1) is 6.92 Å². The van der Waals surface area contributed by atoms with Crippen molar-refractivity contribution in [2.45, 2.75) is 6.92 Å². The lowest BCUT2D eigenvalue weighted by Gasteiger charge is -2.06. The molecule has 3 rings (SSSR count). The quantitative estimate of drug-likeness (QED) is 0.732. The summed E-state index contributed by atoms with van der Waals surface area (Å²) in [5.41, 5.74) is 1.99. The fraction of sp³-hybridized carbons (Fsp3) is 0.167. The number of amides is 1. The minimum absolute atomic E-state index is 0.0824. The van der Waals surface area contributed by atoms with Gasteiger partial charge < -0.3 is 9.47 Å². The lowest BCUT2D eigenvalue weighted by molar-refractivity contribution is -0.118. The third kappa shape index (κ3) is 4.54. The van der Waals surface area contributed by atoms with Crippen LogP contribution in [0.2, 0.25) is 0 Å². The van der Waals surface area contributed by atoms with Crippen LogP contribution in [0.25, 0.3) is 10.6 Å². The van der Waals surface area contributed by atoms with Gasteiger partial charge in [-0.2, -0.15) is 0 Å². The van der Waals surface area contributed by atoms with Gasteiger partial charge in [0.15, 0.2) is 6.61 Å². The van der Waals surface area contributed by atoms with Gasteiger partial charge in [-0.3, -0.25) is 10.1 Å². The fourth-order valence-electron chi connectivity index (χ4n) is 2.13. The van der Waals surface area contributed by atoms with E-state index in [1.165, 1.54) is 11.3 Å². The monoisotopic (exact) mass is 355 g/mol. The lowest BCUT2D eigenvalue weighted by atomic mass is 10.2. The summed E-state index contributed by atoms with van der Waals surface area (Å²) in [5.74, 6) is 1.15. The molecule has 0 fully saturated rings. The maximum Gasteiger partial charge on any atom is 0.264 e. The third-order valence-electron chi connectivity index (χ3n) is 3.37. The highest BCUT2D eigenvalue weighted by Gasteiger charge is 2.10. The highest BCUT2D eigenvalue weighted by atomic mass is 32.1. The van der Waals surface area contributed by atoms with Gasteiger partial charge in [-0.15, -0.1) is 10.2 Å². The van der Waals surface area contributed by atoms with Gasteiger partial charge in [0.2, 0.25) is 5.13 Å². The predicted molar refractivity (Wildman–Crippen MR) is 97.2 cm³/mol. The zero-order valence-corrected chi connectivity index (χ0v) is 14.7. The number of aryl methyl sites for hydroxylation is 1. The molecule has 0 unspecified atom stereocenters. The number of ether oxygens (including phenoxy) is 2. The molecule has 0 saturated heterocycles. The SMILES string of the molecule is COc1ccc(-c2nnc(NC(=O)COc3cccc(C)c3)s2)cc1. The van der Waals surface area contributed by atoms with Crippen molar-refractivity contribution in [1.82, 2.24) is 10.2 Å². The standard InChI is InChI=1S/C18H17N3O3S/c1-12-4-3-5-15(10-12)24-11-16(22)19-18-21-20-17(25-18)13-6-8-14(23-2)9-7-13/h3-10H,11H2,1-2H3,(H,19,21,22). The van der Waals surface area contributed by atoms with Crippen LogP contribution in [0.4, 0.5) is 5.13 Å². The number of carbonyl (C=O) groups is 1. The Morgan fingerprint density at radius 1 is 1.12 bits per heavy atom. The molecule has 25 heavy (non-hydrogen) atoms. The van der Waals surface area contributed by atoms with Crippen LogP contribution in [0.3, 0.4) is 0 Å². The second-order valence-electron chi connectivity index (χ2n) is 5.29. The van der Waals surface area contributed by atoms with E-state index >= 15 is 0 Å². The van der Waals surface area contributed by atoms with E-state index in [0.29, 0.717) is 10.9 Å². The molecule has 0 aliphatic heterocycles. The average Bonchev–Trinajstić information content (AvgIpc) is 3.08. The topological polar surface area (TPSA) is 73.3 Å². The van der Waals surface area contributed by atoms with Gasteiger partial charge in [0, 0.05) is 5.56 Å². The maximum atomic E-state index is 12.0. The second kappa shape index (κ2) is 7.76. The summed E-state index contributed by atoms with van der Waals surface area (Å²) in [6, 6.07) is 15.0. The van der Waals surface area contributed by atoms with Crippen molar-refractivity contribution in [1.29, 1.82) is 0 Å². The largest absolute Gasteiger partial charge is 0.497 e. The summed E-state index contributed by atoms with van der Waals surface area (Å²) in [6.07, 6.45) is 0. The zero-order chi connectivity index (χ0) is 17.6. The Hall–Kier alpha value is -2.93. The van der Waals surface area contributed by atoms with Crippen molar-refractivity contribution in [2.75, 3.05) is 19.0 Å². The van der Waals surface area contributed by atoms with Gasteiger partial charge in [-0.05, 0) is 48.9 Å². The van der Waals surface area contributed by atoms with E-state index in [-0.39, 0.29) is 12.5 Å². The van der Waals surface area contributed by atoms with Crippen LogP contribution in [0.1, 0.15) is 5.56 Å². The molecule has 0 atom stereocenters. The molecule has 0 radical (unpaired) electrons. The Labute approximate surface area is 149 Å². The first kappa shape index (κ1) is 16.9. The summed E-state index contributed by atoms with van der Waals surface area (Å²) in [7, 11) is 1.62. The van der Waals surface area contributed by atoms with Crippen molar-refractivity contribution >= 4 is 22.4 Å². The summed E-state index contributed by atoms with van der Waals surface area (Å²) < 4.78 is 10.6. The summed E-state index contributed by atoms with van der Waals surface area (Å²) in [6.45, 7) is 1.88. The van der Waals surface area contributed by atoms with Crippen LogP contribution in [0.15, 0.2) is 48.5 Å². The molecule has 2 aromatic carbocycles. The highest BCUT2D eigenvalue weighted by Crippen LogP contribution is 2.27. The first-order chi connectivity index (χ1) is 12.1. The number of nitrogens with zero attached hydrogens (tertiary/aromatic N) is 2. The Balaban J connectivity index is 1.57. The van der Waals surface area contributed by atoms with Gasteiger partial charge in [0.05, 0.1) is 7.11 Å². The van der Waals surface area contributed by atoms with Gasteiger partial charge in [-0.25, -0.2) is 0 Å². The molecular weight excluding hydrogens is 338 g/mol. The van der Waals surface area contributed by atoms with Crippen molar-refractivity contribution in [3.8, 4) is 22.1 Å². The molecular formula is C18H17N3O3S. The minimum Gasteiger partial charge on any atom is -0.497 e. The molecule has 128 valence electrons. The lowest BCUT2D eigenvalue weighted by Crippen LogP contribution is -2.20. The Morgan fingerprint density at radius 3 is 2.64 bits per heavy atom. The van der Waals surface area contributed by atoms with Gasteiger partial charge in [0.1, 0.15) is 16.5 Å². The molecule has 3 aromatic rings. The Bertz CT molecular complexity index is 862. The molecule has 0 bridgehead atoms. The van der Waals surface area contributed by atoms with E-state index in [1.807, 2.05) is 55.5 Å². The average molecular weight is 355 g/mol. The van der Waals surface area contributed by atoms with Gasteiger partial charge >= 0.3 is 0 Å². The number of hydrogen-bond donors (Lipinski definition) is 1. The second-order valence-corrected chi connectivity index (χ2v) is 6.27. The molecule has 0 aliphatic rings. The van der Waals surface area contributed by atoms with E-state index in [9.17, 15) is 4.79 Å². The number of hydrogen-bond acceptors (Lipinski definition) is 6. The number of rotatable bonds is 6. The normalized spacial score (nSPS) is 10.3. The number of methoxy groups -OCH3 is 1. The number of nitrogens with one attached hydrogen (secondary N) is 1. The molecule has 1 amide bonds. The Kier molecular flexibility index (Phi) is 5.25. The number of carbonyl (C=O) groups excluding carboxylic acids is 1. The molecule has 0 spiro atoms. The molecule has 1 N–H and O–H groups in total. The van der Waals surface area contributed by atoms with Crippen molar-refractivity contribution < 1.29 is 14.3 Å². The molecule has 0 saturated carbocycles. The van der Waals surface area contributed by atoms with E-state index in [0.717, 1.165) is 21.9 Å². The van der Waals surface area contributed by atoms with E-state index < -0.39 is 0 Å². The maximum absolute atomic E-state index is 12.0. The van der Waals surface area contributed by atoms with Crippen molar-refractivity contribution in [3.05, 3.63) is 54.1 Å². The Morgan fingerprint density at radius 2 is 1.92 bits per heavy atom. The van der Waals surface area contributed by atoms with Crippen LogP contribution in [0.5, 0.6) is 11.5 Å². The number of aromatic nitrogens is 2. The van der Waals surface area contributed by atoms with Crippen LogP contribution in [-0.2, 0) is 4.79 Å². The molecule has 1 heterocycles. The predicted octanol–water partition coefficient (Wildman–Crippen LogP) is 3.54. The van der Waals surface area contributed by atoms with Crippen LogP contribution < -0.4 is 14.8 Å². The first-order valence-electron chi connectivity index (χ1n) is 7.61. The summed E-state index contributed by atoms with van der Waals surface area (Å²) in [4.78, 5) is 12.0. The fourth-order valence-corrected chi connectivity index (χ4v) is 2.90. The summed E-state index contributed by atoms with van der Waals surface area (Å²) >= 11 is 1.30. The minimum atomic E-state index is -0.279. The number of anilines is 1. The van der Waals surface area contributed by atoms with Crippen molar-refractivity contribution in [3.63, 3.8) is 0 Å². The third-order valence-corrected chi connectivity index (χ3v) is 4.26. The zero-order valence-electron chi connectivity index (χ0n) is 13.9. The van der Waals surface area contributed by atoms with E-state index in [2.05, 4.69) is 15.5 Å². The van der Waals surface area contributed by atoms with Gasteiger partial charge in [0.25, 0.3) is 5.91 Å². The molecule has 0 aliphatic carbocycles. The molecule has 6 nitrogen and oxygen atoms in total. The molecule has 1 aromatic heterocycles. The van der Waals surface area contributed by atoms with Gasteiger partial charge in [-0.1, -0.05) is 23.5 Å². The first-order valence-corrected chi connectivity index (χ1v) is 8.43. The number of benzene rings is 2.